The molecule has 0 unspecified atom stereocenters. The van der Waals surface area contributed by atoms with Crippen LogP contribution in [0.25, 0.3) is 0 Å². The fourth-order valence-electron chi connectivity index (χ4n) is 0.794. The van der Waals surface area contributed by atoms with E-state index in [9.17, 15) is 4.39 Å². The number of hydrogen-bond acceptors (Lipinski definition) is 2. The summed E-state index contributed by atoms with van der Waals surface area (Å²) in [5, 5.41) is 8.57. The summed E-state index contributed by atoms with van der Waals surface area (Å²) in [5.74, 6) is -0.487. The zero-order valence-corrected chi connectivity index (χ0v) is 8.42. The second-order valence-electron chi connectivity index (χ2n) is 2.05. The quantitative estimate of drug-likeness (QED) is 0.738. The minimum Gasteiger partial charge on any atom is -0.494 e. The maximum absolute atomic E-state index is 13.2. The first kappa shape index (κ1) is 9.26. The van der Waals surface area contributed by atoms with Crippen LogP contribution in [0.15, 0.2) is 12.1 Å². The molecule has 0 radical (unpaired) electrons. The molecule has 1 rings (SSSR count). The molecule has 0 aliphatic rings. The van der Waals surface area contributed by atoms with E-state index >= 15 is 0 Å². The van der Waals surface area contributed by atoms with E-state index in [2.05, 4.69) is 0 Å². The largest absolute Gasteiger partial charge is 0.494 e. The maximum atomic E-state index is 13.2. The molecule has 0 bridgehead atoms. The predicted molar refractivity (Wildman–Crippen MR) is 50.4 cm³/mol. The van der Waals surface area contributed by atoms with Crippen molar-refractivity contribution in [3.8, 4) is 11.8 Å². The summed E-state index contributed by atoms with van der Waals surface area (Å²) < 4.78 is 18.5. The lowest BCUT2D eigenvalue weighted by Crippen LogP contribution is -1.93. The van der Waals surface area contributed by atoms with Gasteiger partial charge in [-0.1, -0.05) is 0 Å². The summed E-state index contributed by atoms with van der Waals surface area (Å²) in [5.41, 5.74) is 0.0370. The molecule has 0 amide bonds. The van der Waals surface area contributed by atoms with Crippen LogP contribution in [0.3, 0.4) is 0 Å². The van der Waals surface area contributed by atoms with Gasteiger partial charge in [0.15, 0.2) is 11.6 Å². The molecular formula is C8H5FINO. The highest BCUT2D eigenvalue weighted by Crippen LogP contribution is 2.23. The SMILES string of the molecule is COc1ccc(I)c(C#N)c1F. The highest BCUT2D eigenvalue weighted by molar-refractivity contribution is 14.1. The van der Waals surface area contributed by atoms with Gasteiger partial charge in [0.25, 0.3) is 0 Å². The minimum absolute atomic E-state index is 0.0370. The van der Waals surface area contributed by atoms with Crippen LogP contribution in [0.2, 0.25) is 0 Å². The summed E-state index contributed by atoms with van der Waals surface area (Å²) in [6.45, 7) is 0. The lowest BCUT2D eigenvalue weighted by Gasteiger charge is -2.03. The summed E-state index contributed by atoms with van der Waals surface area (Å²) in [6, 6.07) is 4.91. The van der Waals surface area contributed by atoms with Crippen molar-refractivity contribution in [2.24, 2.45) is 0 Å². The Morgan fingerprint density at radius 2 is 2.25 bits per heavy atom. The van der Waals surface area contributed by atoms with Crippen LogP contribution in [-0.2, 0) is 0 Å². The van der Waals surface area contributed by atoms with Crippen molar-refractivity contribution in [3.05, 3.63) is 27.1 Å². The van der Waals surface area contributed by atoms with Gasteiger partial charge in [-0.05, 0) is 34.7 Å². The second kappa shape index (κ2) is 3.72. The smallest absolute Gasteiger partial charge is 0.183 e. The van der Waals surface area contributed by atoms with Crippen molar-refractivity contribution in [2.75, 3.05) is 7.11 Å². The molecule has 0 aliphatic heterocycles. The number of ether oxygens (including phenoxy) is 1. The summed E-state index contributed by atoms with van der Waals surface area (Å²) in [4.78, 5) is 0. The number of methoxy groups -OCH3 is 1. The lowest BCUT2D eigenvalue weighted by atomic mass is 10.2. The van der Waals surface area contributed by atoms with E-state index in [0.717, 1.165) is 0 Å². The van der Waals surface area contributed by atoms with Crippen LogP contribution < -0.4 is 4.74 Å². The zero-order valence-electron chi connectivity index (χ0n) is 6.27. The molecule has 0 spiro atoms. The molecule has 12 heavy (non-hydrogen) atoms. The van der Waals surface area contributed by atoms with Gasteiger partial charge in [0, 0.05) is 3.57 Å². The first-order valence-corrected chi connectivity index (χ1v) is 4.20. The molecule has 0 fully saturated rings. The minimum atomic E-state index is -0.591. The Balaban J connectivity index is 3.36. The van der Waals surface area contributed by atoms with Gasteiger partial charge >= 0.3 is 0 Å². The van der Waals surface area contributed by atoms with Gasteiger partial charge in [0.1, 0.15) is 11.6 Å². The van der Waals surface area contributed by atoms with Gasteiger partial charge in [0.05, 0.1) is 7.11 Å². The van der Waals surface area contributed by atoms with Crippen LogP contribution >= 0.6 is 22.6 Å². The van der Waals surface area contributed by atoms with Gasteiger partial charge in [-0.2, -0.15) is 5.26 Å². The molecule has 0 heterocycles. The van der Waals surface area contributed by atoms with Gasteiger partial charge in [-0.25, -0.2) is 4.39 Å². The Morgan fingerprint density at radius 3 is 2.75 bits per heavy atom. The van der Waals surface area contributed by atoms with Gasteiger partial charge < -0.3 is 4.74 Å². The van der Waals surface area contributed by atoms with Crippen LogP contribution in [0.5, 0.6) is 5.75 Å². The molecular weight excluding hydrogens is 272 g/mol. The maximum Gasteiger partial charge on any atom is 0.183 e. The molecule has 0 aromatic heterocycles. The molecule has 4 heteroatoms. The third kappa shape index (κ3) is 1.50. The summed E-state index contributed by atoms with van der Waals surface area (Å²) >= 11 is 1.90. The van der Waals surface area contributed by atoms with Gasteiger partial charge in [-0.15, -0.1) is 0 Å². The van der Waals surface area contributed by atoms with E-state index in [-0.39, 0.29) is 11.3 Å². The number of hydrogen-bond donors (Lipinski definition) is 0. The van der Waals surface area contributed by atoms with E-state index in [1.807, 2.05) is 22.6 Å². The first-order valence-electron chi connectivity index (χ1n) is 3.12. The Bertz CT molecular complexity index is 346. The monoisotopic (exact) mass is 277 g/mol. The Hall–Kier alpha value is -0.830. The molecule has 0 N–H and O–H groups in total. The van der Waals surface area contributed by atoms with Crippen LogP contribution in [-0.4, -0.2) is 7.11 Å². The standard InChI is InChI=1S/C8H5FINO/c1-12-7-3-2-6(10)5(4-11)8(7)9/h2-3H,1H3. The number of halogens is 2. The normalized spacial score (nSPS) is 9.17. The van der Waals surface area contributed by atoms with Crippen molar-refractivity contribution in [2.45, 2.75) is 0 Å². The third-order valence-electron chi connectivity index (χ3n) is 1.39. The Kier molecular flexibility index (Phi) is 2.87. The molecule has 62 valence electrons. The Morgan fingerprint density at radius 1 is 1.58 bits per heavy atom. The fourth-order valence-corrected chi connectivity index (χ4v) is 1.33. The summed E-state index contributed by atoms with van der Waals surface area (Å²) in [6.07, 6.45) is 0. The van der Waals surface area contributed by atoms with Gasteiger partial charge in [0.2, 0.25) is 0 Å². The predicted octanol–water partition coefficient (Wildman–Crippen LogP) is 2.31. The van der Waals surface area contributed by atoms with Crippen molar-refractivity contribution >= 4 is 22.6 Å². The number of benzene rings is 1. The number of nitrogens with zero attached hydrogens (tertiary/aromatic N) is 1. The average molecular weight is 277 g/mol. The molecule has 0 saturated heterocycles. The van der Waals surface area contributed by atoms with Crippen molar-refractivity contribution < 1.29 is 9.13 Å². The van der Waals surface area contributed by atoms with Crippen molar-refractivity contribution in [3.63, 3.8) is 0 Å². The van der Waals surface area contributed by atoms with E-state index < -0.39 is 5.82 Å². The van der Waals surface area contributed by atoms with Crippen molar-refractivity contribution in [1.29, 1.82) is 5.26 Å². The van der Waals surface area contributed by atoms with E-state index in [0.29, 0.717) is 3.57 Å². The van der Waals surface area contributed by atoms with Crippen LogP contribution in [0.1, 0.15) is 5.56 Å². The molecule has 0 atom stereocenters. The van der Waals surface area contributed by atoms with Crippen LogP contribution in [0.4, 0.5) is 4.39 Å². The fraction of sp³-hybridized carbons (Fsp3) is 0.125. The Labute approximate surface area is 83.1 Å². The molecule has 1 aromatic rings. The zero-order chi connectivity index (χ0) is 9.14. The first-order chi connectivity index (χ1) is 5.70. The summed E-state index contributed by atoms with van der Waals surface area (Å²) in [7, 11) is 1.37. The van der Waals surface area contributed by atoms with E-state index in [1.165, 1.54) is 13.2 Å². The topological polar surface area (TPSA) is 33.0 Å². The molecule has 0 saturated carbocycles. The number of nitriles is 1. The van der Waals surface area contributed by atoms with E-state index in [1.54, 1.807) is 12.1 Å². The third-order valence-corrected chi connectivity index (χ3v) is 2.29. The molecule has 2 nitrogen and oxygen atoms in total. The van der Waals surface area contributed by atoms with Gasteiger partial charge in [-0.3, -0.25) is 0 Å². The van der Waals surface area contributed by atoms with Crippen molar-refractivity contribution in [1.82, 2.24) is 0 Å². The highest BCUT2D eigenvalue weighted by atomic mass is 127. The lowest BCUT2D eigenvalue weighted by molar-refractivity contribution is 0.385. The average Bonchev–Trinajstić information content (AvgIpc) is 2.06. The molecule has 0 aliphatic carbocycles. The van der Waals surface area contributed by atoms with Crippen LogP contribution in [0, 0.1) is 20.7 Å². The number of rotatable bonds is 1. The second-order valence-corrected chi connectivity index (χ2v) is 3.21. The molecule has 1 aromatic carbocycles. The highest BCUT2D eigenvalue weighted by Gasteiger charge is 2.11. The van der Waals surface area contributed by atoms with E-state index in [4.69, 9.17) is 10.00 Å².